The molecule has 0 atom stereocenters. The van der Waals surface area contributed by atoms with Gasteiger partial charge in [-0.25, -0.2) is 0 Å². The Morgan fingerprint density at radius 1 is 1.50 bits per heavy atom. The Balaban J connectivity index is 2.84. The lowest BCUT2D eigenvalue weighted by molar-refractivity contribution is 0.287. The van der Waals surface area contributed by atoms with E-state index in [-0.39, 0.29) is 0 Å². The van der Waals surface area contributed by atoms with Crippen LogP contribution in [0.1, 0.15) is 18.1 Å². The number of hydrogen-bond acceptors (Lipinski definition) is 3. The Labute approximate surface area is 105 Å². The van der Waals surface area contributed by atoms with Crippen molar-refractivity contribution in [3.05, 3.63) is 33.8 Å². The van der Waals surface area contributed by atoms with Gasteiger partial charge in [-0.2, -0.15) is 5.26 Å². The minimum Gasteiger partial charge on any atom is -0.329 e. The third-order valence-electron chi connectivity index (χ3n) is 2.49. The standard InChI is InChI=1S/C12H16BrN3/c1-2-16(7-6-14)9-11-5-3-4-10(8-15)12(11)13/h3-5H,2,6-7,9,14H2,1H3. The maximum absolute atomic E-state index is 8.92. The Hall–Kier alpha value is -0.890. The van der Waals surface area contributed by atoms with E-state index in [0.717, 1.165) is 29.7 Å². The van der Waals surface area contributed by atoms with Crippen molar-refractivity contribution in [1.82, 2.24) is 4.90 Å². The molecule has 2 N–H and O–H groups in total. The van der Waals surface area contributed by atoms with E-state index in [9.17, 15) is 0 Å². The molecule has 0 aliphatic rings. The number of rotatable bonds is 5. The van der Waals surface area contributed by atoms with Gasteiger partial charge in [0.2, 0.25) is 0 Å². The lowest BCUT2D eigenvalue weighted by Crippen LogP contribution is -2.29. The molecule has 1 aromatic rings. The quantitative estimate of drug-likeness (QED) is 0.899. The van der Waals surface area contributed by atoms with Gasteiger partial charge in [-0.1, -0.05) is 19.1 Å². The predicted molar refractivity (Wildman–Crippen MR) is 68.9 cm³/mol. The highest BCUT2D eigenvalue weighted by Crippen LogP contribution is 2.22. The number of hydrogen-bond donors (Lipinski definition) is 1. The zero-order chi connectivity index (χ0) is 12.0. The van der Waals surface area contributed by atoms with Crippen LogP contribution in [0.4, 0.5) is 0 Å². The van der Waals surface area contributed by atoms with Gasteiger partial charge in [0.25, 0.3) is 0 Å². The number of nitrogens with two attached hydrogens (primary N) is 1. The smallest absolute Gasteiger partial charge is 0.100 e. The number of benzene rings is 1. The second-order valence-electron chi connectivity index (χ2n) is 3.55. The lowest BCUT2D eigenvalue weighted by Gasteiger charge is -2.20. The average molecular weight is 282 g/mol. The molecule has 0 spiro atoms. The minimum atomic E-state index is 0.656. The SMILES string of the molecule is CCN(CCN)Cc1cccc(C#N)c1Br. The van der Waals surface area contributed by atoms with Crippen molar-refractivity contribution < 1.29 is 0 Å². The first kappa shape index (κ1) is 13.2. The van der Waals surface area contributed by atoms with E-state index in [2.05, 4.69) is 33.8 Å². The van der Waals surface area contributed by atoms with Crippen LogP contribution in [0.3, 0.4) is 0 Å². The molecule has 1 rings (SSSR count). The van der Waals surface area contributed by atoms with Gasteiger partial charge < -0.3 is 5.73 Å². The Morgan fingerprint density at radius 3 is 2.81 bits per heavy atom. The van der Waals surface area contributed by atoms with Crippen LogP contribution in [0.5, 0.6) is 0 Å². The maximum Gasteiger partial charge on any atom is 0.100 e. The van der Waals surface area contributed by atoms with Gasteiger partial charge in [-0.3, -0.25) is 4.90 Å². The first-order valence-corrected chi connectivity index (χ1v) is 6.12. The van der Waals surface area contributed by atoms with Gasteiger partial charge in [0.1, 0.15) is 6.07 Å². The molecule has 0 saturated carbocycles. The van der Waals surface area contributed by atoms with Gasteiger partial charge in [0.05, 0.1) is 5.56 Å². The molecule has 0 aliphatic carbocycles. The molecule has 0 fully saturated rings. The topological polar surface area (TPSA) is 53.0 Å². The number of nitriles is 1. The summed E-state index contributed by atoms with van der Waals surface area (Å²) in [5.74, 6) is 0. The molecule has 0 saturated heterocycles. The first-order valence-electron chi connectivity index (χ1n) is 5.32. The maximum atomic E-state index is 8.92. The molecule has 0 amide bonds. The third kappa shape index (κ3) is 3.31. The van der Waals surface area contributed by atoms with Crippen molar-refractivity contribution in [1.29, 1.82) is 5.26 Å². The summed E-state index contributed by atoms with van der Waals surface area (Å²) in [4.78, 5) is 2.25. The van der Waals surface area contributed by atoms with Crippen LogP contribution in [0.2, 0.25) is 0 Å². The molecule has 86 valence electrons. The van der Waals surface area contributed by atoms with E-state index >= 15 is 0 Å². The summed E-state index contributed by atoms with van der Waals surface area (Å²) in [5, 5.41) is 8.92. The summed E-state index contributed by atoms with van der Waals surface area (Å²) in [6.07, 6.45) is 0. The Kier molecular flexibility index (Phi) is 5.47. The van der Waals surface area contributed by atoms with E-state index in [1.807, 2.05) is 18.2 Å². The van der Waals surface area contributed by atoms with Crippen LogP contribution in [-0.2, 0) is 6.54 Å². The first-order chi connectivity index (χ1) is 7.72. The van der Waals surface area contributed by atoms with Crippen LogP contribution in [0.25, 0.3) is 0 Å². The predicted octanol–water partition coefficient (Wildman–Crippen LogP) is 2.10. The van der Waals surface area contributed by atoms with E-state index in [1.54, 1.807) is 0 Å². The van der Waals surface area contributed by atoms with Crippen LogP contribution < -0.4 is 5.73 Å². The second kappa shape index (κ2) is 6.64. The fourth-order valence-electron chi connectivity index (χ4n) is 1.56. The normalized spacial score (nSPS) is 10.4. The van der Waals surface area contributed by atoms with Crippen molar-refractivity contribution in [2.75, 3.05) is 19.6 Å². The third-order valence-corrected chi connectivity index (χ3v) is 3.42. The highest BCUT2D eigenvalue weighted by Gasteiger charge is 2.08. The number of halogens is 1. The fraction of sp³-hybridized carbons (Fsp3) is 0.417. The van der Waals surface area contributed by atoms with Crippen LogP contribution in [0.15, 0.2) is 22.7 Å². The Morgan fingerprint density at radius 2 is 2.25 bits per heavy atom. The van der Waals surface area contributed by atoms with Gasteiger partial charge in [0, 0.05) is 24.1 Å². The van der Waals surface area contributed by atoms with E-state index in [1.165, 1.54) is 0 Å². The van der Waals surface area contributed by atoms with Crippen molar-refractivity contribution in [3.8, 4) is 6.07 Å². The van der Waals surface area contributed by atoms with Crippen LogP contribution >= 0.6 is 15.9 Å². The molecule has 0 radical (unpaired) electrons. The largest absolute Gasteiger partial charge is 0.329 e. The molecule has 16 heavy (non-hydrogen) atoms. The summed E-state index contributed by atoms with van der Waals surface area (Å²) >= 11 is 3.47. The highest BCUT2D eigenvalue weighted by atomic mass is 79.9. The summed E-state index contributed by atoms with van der Waals surface area (Å²) in [7, 11) is 0. The fourth-order valence-corrected chi connectivity index (χ4v) is 2.04. The highest BCUT2D eigenvalue weighted by molar-refractivity contribution is 9.10. The van der Waals surface area contributed by atoms with Gasteiger partial charge in [0.15, 0.2) is 0 Å². The van der Waals surface area contributed by atoms with Crippen LogP contribution in [-0.4, -0.2) is 24.5 Å². The summed E-state index contributed by atoms with van der Waals surface area (Å²) in [6.45, 7) is 5.42. The molecular weight excluding hydrogens is 266 g/mol. The molecule has 3 nitrogen and oxygen atoms in total. The molecule has 4 heteroatoms. The second-order valence-corrected chi connectivity index (χ2v) is 4.34. The number of likely N-dealkylation sites (N-methyl/N-ethyl adjacent to an activating group) is 1. The van der Waals surface area contributed by atoms with Gasteiger partial charge >= 0.3 is 0 Å². The average Bonchev–Trinajstić information content (AvgIpc) is 2.31. The van der Waals surface area contributed by atoms with Crippen molar-refractivity contribution >= 4 is 15.9 Å². The zero-order valence-electron chi connectivity index (χ0n) is 9.41. The molecule has 0 heterocycles. The molecule has 0 unspecified atom stereocenters. The van der Waals surface area contributed by atoms with Crippen molar-refractivity contribution in [2.45, 2.75) is 13.5 Å². The lowest BCUT2D eigenvalue weighted by atomic mass is 10.1. The Bertz CT molecular complexity index is 384. The van der Waals surface area contributed by atoms with Crippen LogP contribution in [0, 0.1) is 11.3 Å². The molecule has 0 aromatic heterocycles. The van der Waals surface area contributed by atoms with Gasteiger partial charge in [-0.05, 0) is 34.1 Å². The minimum absolute atomic E-state index is 0.656. The summed E-state index contributed by atoms with van der Waals surface area (Å²) < 4.78 is 0.896. The summed E-state index contributed by atoms with van der Waals surface area (Å²) in [6, 6.07) is 7.92. The van der Waals surface area contributed by atoms with Crippen molar-refractivity contribution in [2.24, 2.45) is 5.73 Å². The zero-order valence-corrected chi connectivity index (χ0v) is 11.0. The van der Waals surface area contributed by atoms with E-state index < -0.39 is 0 Å². The van der Waals surface area contributed by atoms with Crippen molar-refractivity contribution in [3.63, 3.8) is 0 Å². The molecular formula is C12H16BrN3. The molecule has 0 aliphatic heterocycles. The molecule has 1 aromatic carbocycles. The van der Waals surface area contributed by atoms with Gasteiger partial charge in [-0.15, -0.1) is 0 Å². The van der Waals surface area contributed by atoms with E-state index in [0.29, 0.717) is 12.1 Å². The molecule has 0 bridgehead atoms. The summed E-state index contributed by atoms with van der Waals surface area (Å²) in [5.41, 5.74) is 7.36. The number of nitrogens with zero attached hydrogens (tertiary/aromatic N) is 2. The monoisotopic (exact) mass is 281 g/mol. The van der Waals surface area contributed by atoms with E-state index in [4.69, 9.17) is 11.0 Å².